The predicted octanol–water partition coefficient (Wildman–Crippen LogP) is 24.4. The van der Waals surface area contributed by atoms with Crippen LogP contribution in [0, 0.1) is 52.2 Å². The average Bonchev–Trinajstić information content (AvgIpc) is 1.53. The number of aryl methyl sites for hydroxylation is 4. The Morgan fingerprint density at radius 3 is 0.969 bits per heavy atom. The number of halogens is 9. The molecule has 0 saturated carbocycles. The highest BCUT2D eigenvalue weighted by molar-refractivity contribution is 6.14. The van der Waals surface area contributed by atoms with Crippen LogP contribution in [0.2, 0.25) is 0 Å². The van der Waals surface area contributed by atoms with Crippen LogP contribution >= 0.6 is 0 Å². The molecule has 98 heavy (non-hydrogen) atoms. The quantitative estimate of drug-likeness (QED) is 0.121. The van der Waals surface area contributed by atoms with E-state index in [2.05, 4.69) is 73.4 Å². The number of benzene rings is 12. The molecule has 0 radical (unpaired) electrons. The third kappa shape index (κ3) is 10.3. The van der Waals surface area contributed by atoms with Gasteiger partial charge in [0.05, 0.1) is 91.2 Å². The summed E-state index contributed by atoms with van der Waals surface area (Å²) in [5, 5.41) is 18.0. The summed E-state index contributed by atoms with van der Waals surface area (Å²) in [6.45, 7) is 22.8. The van der Waals surface area contributed by atoms with Gasteiger partial charge in [0, 0.05) is 54.2 Å². The van der Waals surface area contributed by atoms with Crippen molar-refractivity contribution in [3.63, 3.8) is 0 Å². The number of hydrogen-bond donors (Lipinski definition) is 0. The molecule has 0 N–H and O–H groups in total. The lowest BCUT2D eigenvalue weighted by atomic mass is 9.97. The fraction of sp³-hybridized carbons (Fsp3) is 0.0854. The maximum absolute atomic E-state index is 15.7. The molecule has 0 saturated heterocycles. The first-order valence-corrected chi connectivity index (χ1v) is 31.0. The lowest BCUT2D eigenvalue weighted by molar-refractivity contribution is -0.138. The molecule has 16 heteroatoms. The molecule has 0 aliphatic heterocycles. The smallest absolute Gasteiger partial charge is 0.307 e. The zero-order chi connectivity index (χ0) is 68.4. The molecule has 4 aromatic heterocycles. The van der Waals surface area contributed by atoms with Gasteiger partial charge in [0.25, 0.3) is 0 Å². The second-order valence-electron chi connectivity index (χ2n) is 24.6. The predicted molar refractivity (Wildman–Crippen MR) is 372 cm³/mol. The van der Waals surface area contributed by atoms with Crippen LogP contribution in [0.4, 0.5) is 50.9 Å². The van der Waals surface area contributed by atoms with Gasteiger partial charge in [-0.15, -0.1) is 0 Å². The van der Waals surface area contributed by atoms with Crippen molar-refractivity contribution in [3.05, 3.63) is 298 Å². The standard InChI is InChI=1S/C41H25F6N3.C41H25F3N4/c1-23-12-14-31-29-8-4-6-10-34(29)49(36(31)16-23)38-21-26(25-18-27(40(42,43)44)22-28(19-25)48-3)20-33(41(45,46)47)39(38)50-35-11-7-5-9-30(35)32-15-13-24(2)17-37(32)50;1-24-12-14-33-31-8-4-6-10-35(31)47(37(33)16-24)39-21-26(27-19-29(41(42,43)44)22-30(20-27)46-3)18-28(23-45)40(39)48-36-11-7-5-9-32(36)34-15-13-25(2)17-38(34)48/h4-22H,1-2H3;4-22H,1-2H3. The van der Waals surface area contributed by atoms with Crippen molar-refractivity contribution in [3.8, 4) is 51.1 Å². The van der Waals surface area contributed by atoms with Crippen LogP contribution in [-0.4, -0.2) is 18.3 Å². The van der Waals surface area contributed by atoms with Crippen molar-refractivity contribution < 1.29 is 39.5 Å². The molecule has 0 bridgehead atoms. The number of hydrogen-bond acceptors (Lipinski definition) is 1. The maximum Gasteiger partial charge on any atom is 0.418 e. The minimum Gasteiger partial charge on any atom is -0.307 e. The van der Waals surface area contributed by atoms with Gasteiger partial charge in [-0.1, -0.05) is 121 Å². The second-order valence-corrected chi connectivity index (χ2v) is 24.6. The Morgan fingerprint density at radius 1 is 0.316 bits per heavy atom. The van der Waals surface area contributed by atoms with Crippen molar-refractivity contribution in [2.75, 3.05) is 0 Å². The second kappa shape index (κ2) is 23.0. The minimum absolute atomic E-state index is 0.109. The molecular formula is C82H50F9N7. The van der Waals surface area contributed by atoms with Crippen LogP contribution in [0.5, 0.6) is 0 Å². The molecule has 0 aliphatic rings. The Labute approximate surface area is 554 Å². The van der Waals surface area contributed by atoms with Gasteiger partial charge < -0.3 is 18.3 Å². The van der Waals surface area contributed by atoms with Gasteiger partial charge in [-0.05, 0) is 181 Å². The largest absolute Gasteiger partial charge is 0.418 e. The first-order chi connectivity index (χ1) is 47.0. The molecule has 16 aromatic rings. The summed E-state index contributed by atoms with van der Waals surface area (Å²) >= 11 is 0. The van der Waals surface area contributed by atoms with E-state index in [4.69, 9.17) is 13.1 Å². The summed E-state index contributed by atoms with van der Waals surface area (Å²) in [4.78, 5) is 6.57. The SMILES string of the molecule is [C-]#[N+]c1cc(-c2cc(-n3c4ccccc4c4ccc(C)cc43)c(-n3c4ccccc4c4ccc(C)cc43)c(C(F)(F)F)c2)cc(C(F)(F)F)c1.[C-]#[N+]c1cc(-c2cc(C#N)c(-n3c4ccccc4c4ccc(C)cc43)c(-n3c4ccccc4c4ccc(C)cc43)c2)cc(C(F)(F)F)c1. The Kier molecular flexibility index (Phi) is 14.5. The van der Waals surface area contributed by atoms with E-state index in [0.29, 0.717) is 45.1 Å². The highest BCUT2D eigenvalue weighted by Gasteiger charge is 2.39. The molecule has 0 atom stereocenters. The van der Waals surface area contributed by atoms with Crippen molar-refractivity contribution >= 4 is 98.6 Å². The Balaban J connectivity index is 0.000000160. The molecule has 476 valence electrons. The van der Waals surface area contributed by atoms with E-state index in [-0.39, 0.29) is 45.0 Å². The maximum atomic E-state index is 15.7. The first-order valence-electron chi connectivity index (χ1n) is 31.0. The van der Waals surface area contributed by atoms with E-state index in [0.717, 1.165) is 112 Å². The highest BCUT2D eigenvalue weighted by atomic mass is 19.4. The molecule has 12 aromatic carbocycles. The van der Waals surface area contributed by atoms with Gasteiger partial charge in [-0.2, -0.15) is 44.8 Å². The van der Waals surface area contributed by atoms with Crippen molar-refractivity contribution in [2.24, 2.45) is 0 Å². The third-order valence-corrected chi connectivity index (χ3v) is 18.3. The fourth-order valence-electron chi connectivity index (χ4n) is 14.0. The van der Waals surface area contributed by atoms with E-state index in [9.17, 15) is 31.6 Å². The zero-order valence-corrected chi connectivity index (χ0v) is 52.5. The Hall–Kier alpha value is -12.3. The Morgan fingerprint density at radius 2 is 0.622 bits per heavy atom. The van der Waals surface area contributed by atoms with Crippen LogP contribution in [0.25, 0.3) is 142 Å². The molecule has 0 amide bonds. The fourth-order valence-corrected chi connectivity index (χ4v) is 14.0. The summed E-state index contributed by atoms with van der Waals surface area (Å²) in [5.74, 6) is 0. The number of nitriles is 1. The number of alkyl halides is 9. The molecular weight excluding hydrogens is 1250 g/mol. The van der Waals surface area contributed by atoms with Gasteiger partial charge in [-0.25, -0.2) is 9.69 Å². The molecule has 4 heterocycles. The van der Waals surface area contributed by atoms with Crippen LogP contribution < -0.4 is 0 Å². The van der Waals surface area contributed by atoms with E-state index in [1.54, 1.807) is 33.4 Å². The summed E-state index contributed by atoms with van der Waals surface area (Å²) in [7, 11) is 0. The van der Waals surface area contributed by atoms with Crippen molar-refractivity contribution in [2.45, 2.75) is 46.2 Å². The van der Waals surface area contributed by atoms with E-state index < -0.39 is 35.2 Å². The monoisotopic (exact) mass is 1300 g/mol. The van der Waals surface area contributed by atoms with Crippen LogP contribution in [0.3, 0.4) is 0 Å². The number of aromatic nitrogens is 4. The molecule has 0 spiro atoms. The molecule has 7 nitrogen and oxygen atoms in total. The van der Waals surface area contributed by atoms with Crippen molar-refractivity contribution in [1.82, 2.24) is 18.3 Å². The topological polar surface area (TPSA) is 52.2 Å². The normalized spacial score (nSPS) is 12.1. The van der Waals surface area contributed by atoms with Crippen LogP contribution in [-0.2, 0) is 18.5 Å². The van der Waals surface area contributed by atoms with Crippen LogP contribution in [0.1, 0.15) is 44.5 Å². The van der Waals surface area contributed by atoms with Crippen molar-refractivity contribution in [1.29, 1.82) is 5.26 Å². The highest BCUT2D eigenvalue weighted by Crippen LogP contribution is 2.49. The van der Waals surface area contributed by atoms with Gasteiger partial charge in [0.1, 0.15) is 6.07 Å². The van der Waals surface area contributed by atoms with Gasteiger partial charge in [0.15, 0.2) is 11.4 Å². The molecule has 0 fully saturated rings. The van der Waals surface area contributed by atoms with Gasteiger partial charge in [-0.3, -0.25) is 0 Å². The van der Waals surface area contributed by atoms with E-state index in [1.165, 1.54) is 18.2 Å². The molecule has 0 unspecified atom stereocenters. The van der Waals surface area contributed by atoms with Crippen LogP contribution in [0.15, 0.2) is 231 Å². The summed E-state index contributed by atoms with van der Waals surface area (Å²) in [6, 6.07) is 68.9. The molecule has 16 rings (SSSR count). The third-order valence-electron chi connectivity index (χ3n) is 18.3. The summed E-state index contributed by atoms with van der Waals surface area (Å²) in [6.07, 6.45) is -14.4. The minimum atomic E-state index is -4.94. The van der Waals surface area contributed by atoms with E-state index in [1.807, 2.05) is 137 Å². The lowest BCUT2D eigenvalue weighted by Crippen LogP contribution is -2.15. The lowest BCUT2D eigenvalue weighted by Gasteiger charge is -2.23. The van der Waals surface area contributed by atoms with E-state index >= 15 is 13.2 Å². The van der Waals surface area contributed by atoms with Gasteiger partial charge in [0.2, 0.25) is 0 Å². The Bertz CT molecular complexity index is 6190. The summed E-state index contributed by atoms with van der Waals surface area (Å²) < 4.78 is 139. The average molecular weight is 1300 g/mol. The number of para-hydroxylation sites is 4. The first kappa shape index (κ1) is 61.8. The number of fused-ring (bicyclic) bond motifs is 12. The molecule has 0 aliphatic carbocycles. The number of rotatable bonds is 6. The summed E-state index contributed by atoms with van der Waals surface area (Å²) in [5.41, 5.74) is 8.06. The zero-order valence-electron chi connectivity index (χ0n) is 52.5. The number of nitrogens with zero attached hydrogens (tertiary/aromatic N) is 7. The van der Waals surface area contributed by atoms with Gasteiger partial charge >= 0.3 is 18.5 Å².